The Bertz CT molecular complexity index is 922. The van der Waals surface area contributed by atoms with E-state index in [1.165, 1.54) is 11.3 Å². The molecule has 1 N–H and O–H groups in total. The van der Waals surface area contributed by atoms with Crippen molar-refractivity contribution in [2.75, 3.05) is 6.61 Å². The fraction of sp³-hybridized carbons (Fsp3) is 0.480. The van der Waals surface area contributed by atoms with E-state index in [1.54, 1.807) is 30.3 Å². The molecule has 0 heterocycles. The van der Waals surface area contributed by atoms with Crippen LogP contribution in [0.3, 0.4) is 0 Å². The molecule has 2 atom stereocenters. The molecule has 2 unspecified atom stereocenters. The van der Waals surface area contributed by atoms with E-state index in [4.69, 9.17) is 8.85 Å². The minimum absolute atomic E-state index is 0.0342. The van der Waals surface area contributed by atoms with E-state index in [9.17, 15) is 9.90 Å². The Morgan fingerprint density at radius 3 is 2.15 bits per heavy atom. The number of carbonyl (C=O) groups excluding carboxylic acids is 1. The molecule has 0 saturated heterocycles. The van der Waals surface area contributed by atoms with Crippen molar-refractivity contribution in [1.82, 2.24) is 0 Å². The second-order valence-corrected chi connectivity index (χ2v) is 30.8. The molecule has 0 radical (unpaired) electrons. The normalized spacial score (nSPS) is 15.0. The molecule has 0 bridgehead atoms. The molecule has 0 fully saturated rings. The van der Waals surface area contributed by atoms with Gasteiger partial charge in [-0.1, -0.05) is 62.2 Å². The largest absolute Gasteiger partial charge is 0.507 e. The van der Waals surface area contributed by atoms with Gasteiger partial charge in [-0.2, -0.15) is 0 Å². The third kappa shape index (κ3) is 9.74. The van der Waals surface area contributed by atoms with Crippen LogP contribution >= 0.6 is 0 Å². The Kier molecular flexibility index (Phi) is 9.52. The van der Waals surface area contributed by atoms with Gasteiger partial charge in [-0.25, -0.2) is 0 Å². The lowest BCUT2D eigenvalue weighted by Gasteiger charge is -2.36. The van der Waals surface area contributed by atoms with Gasteiger partial charge in [-0.15, -0.1) is 0 Å². The summed E-state index contributed by atoms with van der Waals surface area (Å²) in [7, 11) is -5.41. The SMILES string of the molecule is C[SiH](C[Si](C)(CCOc1ccc(C(=O)c2ccccc2)c(O)c1)C[Si](C)(C)C)O[Si](C)(C)C. The molecule has 182 valence electrons. The van der Waals surface area contributed by atoms with Gasteiger partial charge < -0.3 is 14.0 Å². The van der Waals surface area contributed by atoms with E-state index in [0.29, 0.717) is 23.5 Å². The van der Waals surface area contributed by atoms with Gasteiger partial charge >= 0.3 is 0 Å². The molecular formula is C25H42O4Si4. The Hall–Kier alpha value is -1.46. The van der Waals surface area contributed by atoms with Crippen LogP contribution in [0.4, 0.5) is 0 Å². The summed E-state index contributed by atoms with van der Waals surface area (Å²) in [5.74, 6) is 0.397. The van der Waals surface area contributed by atoms with Gasteiger partial charge in [0.2, 0.25) is 0 Å². The van der Waals surface area contributed by atoms with Crippen molar-refractivity contribution in [1.29, 1.82) is 0 Å². The summed E-state index contributed by atoms with van der Waals surface area (Å²) in [5, 5.41) is 10.5. The maximum absolute atomic E-state index is 12.7. The number of hydrogen-bond donors (Lipinski definition) is 1. The zero-order chi connectivity index (χ0) is 24.9. The molecule has 2 aromatic carbocycles. The van der Waals surface area contributed by atoms with Crippen molar-refractivity contribution in [3.63, 3.8) is 0 Å². The molecule has 0 amide bonds. The van der Waals surface area contributed by atoms with Crippen LogP contribution in [0.5, 0.6) is 11.5 Å². The molecule has 0 aliphatic heterocycles. The average Bonchev–Trinajstić information content (AvgIpc) is 2.65. The zero-order valence-electron chi connectivity index (χ0n) is 21.7. The third-order valence-corrected chi connectivity index (χ3v) is 25.3. The Morgan fingerprint density at radius 2 is 1.61 bits per heavy atom. The van der Waals surface area contributed by atoms with Crippen molar-refractivity contribution in [2.45, 2.75) is 69.8 Å². The third-order valence-electron chi connectivity index (χ3n) is 5.52. The zero-order valence-corrected chi connectivity index (χ0v) is 25.9. The fourth-order valence-electron chi connectivity index (χ4n) is 4.84. The first-order chi connectivity index (χ1) is 15.2. The van der Waals surface area contributed by atoms with Gasteiger partial charge in [0.05, 0.1) is 20.2 Å². The lowest BCUT2D eigenvalue weighted by atomic mass is 10.0. The molecule has 0 aliphatic carbocycles. The maximum atomic E-state index is 12.7. The van der Waals surface area contributed by atoms with Crippen LogP contribution in [-0.2, 0) is 4.12 Å². The van der Waals surface area contributed by atoms with Crippen molar-refractivity contribution >= 4 is 39.3 Å². The molecular weight excluding hydrogens is 477 g/mol. The number of ketones is 1. The smallest absolute Gasteiger partial charge is 0.196 e. The second kappa shape index (κ2) is 11.3. The second-order valence-electron chi connectivity index (χ2n) is 11.8. The molecule has 0 aliphatic rings. The minimum atomic E-state index is -1.51. The topological polar surface area (TPSA) is 55.8 Å². The molecule has 8 heteroatoms. The van der Waals surface area contributed by atoms with Gasteiger partial charge in [0.15, 0.2) is 23.1 Å². The molecule has 0 saturated carbocycles. The van der Waals surface area contributed by atoms with Crippen molar-refractivity contribution < 1.29 is 18.8 Å². The Morgan fingerprint density at radius 1 is 0.970 bits per heavy atom. The van der Waals surface area contributed by atoms with E-state index >= 15 is 0 Å². The van der Waals surface area contributed by atoms with Crippen LogP contribution in [0.2, 0.25) is 69.8 Å². The summed E-state index contributed by atoms with van der Waals surface area (Å²) in [4.78, 5) is 12.7. The first kappa shape index (κ1) is 27.8. The average molecular weight is 519 g/mol. The van der Waals surface area contributed by atoms with E-state index in [0.717, 1.165) is 6.04 Å². The number of benzene rings is 2. The lowest BCUT2D eigenvalue weighted by Crippen LogP contribution is -2.46. The monoisotopic (exact) mass is 518 g/mol. The summed E-state index contributed by atoms with van der Waals surface area (Å²) in [5.41, 5.74) is 3.54. The highest BCUT2D eigenvalue weighted by molar-refractivity contribution is 6.99. The number of aromatic hydroxyl groups is 1. The number of ether oxygens (including phenoxy) is 1. The van der Waals surface area contributed by atoms with Gasteiger partial charge in [-0.05, 0) is 50.0 Å². The molecule has 4 nitrogen and oxygen atoms in total. The van der Waals surface area contributed by atoms with Crippen molar-refractivity contribution in [2.24, 2.45) is 0 Å². The summed E-state index contributed by atoms with van der Waals surface area (Å²) >= 11 is 0. The van der Waals surface area contributed by atoms with Gasteiger partial charge in [0.25, 0.3) is 0 Å². The summed E-state index contributed by atoms with van der Waals surface area (Å²) < 4.78 is 12.6. The first-order valence-corrected chi connectivity index (χ1v) is 24.6. The number of carbonyl (C=O) groups is 1. The highest BCUT2D eigenvalue weighted by atomic mass is 28.4. The standard InChI is InChI=1S/C25H42O4Si4/c1-30(29-32(5,6)7)19-33(8,20-31(2,3)4)17-16-28-22-14-15-23(24(26)18-22)25(27)21-12-10-9-11-13-21/h9-15,18,26,30H,16-17,19-20H2,1-8H3. The number of phenols is 1. The van der Waals surface area contributed by atoms with Gasteiger partial charge in [0, 0.05) is 19.7 Å². The van der Waals surface area contributed by atoms with E-state index in [-0.39, 0.29) is 11.5 Å². The van der Waals surface area contributed by atoms with E-state index < -0.39 is 33.5 Å². The highest BCUT2D eigenvalue weighted by Gasteiger charge is 2.36. The Balaban J connectivity index is 2.05. The number of rotatable bonds is 12. The quantitative estimate of drug-likeness (QED) is 0.251. The van der Waals surface area contributed by atoms with Crippen molar-refractivity contribution in [3.05, 3.63) is 59.7 Å². The summed E-state index contributed by atoms with van der Waals surface area (Å²) in [6.45, 7) is 19.8. The minimum Gasteiger partial charge on any atom is -0.507 e. The Labute approximate surface area is 205 Å². The fourth-order valence-corrected chi connectivity index (χ4v) is 30.5. The van der Waals surface area contributed by atoms with Crippen LogP contribution in [-0.4, -0.2) is 51.0 Å². The van der Waals surface area contributed by atoms with Crippen LogP contribution in [0, 0.1) is 0 Å². The van der Waals surface area contributed by atoms with Crippen LogP contribution < -0.4 is 4.74 Å². The van der Waals surface area contributed by atoms with E-state index in [1.807, 2.05) is 18.2 Å². The summed E-state index contributed by atoms with van der Waals surface area (Å²) in [6.07, 6.45) is 0. The summed E-state index contributed by atoms with van der Waals surface area (Å²) in [6, 6.07) is 15.1. The first-order valence-electron chi connectivity index (χ1n) is 11.9. The van der Waals surface area contributed by atoms with E-state index in [2.05, 4.69) is 52.4 Å². The van der Waals surface area contributed by atoms with Gasteiger partial charge in [0.1, 0.15) is 11.5 Å². The molecule has 0 aromatic heterocycles. The van der Waals surface area contributed by atoms with Crippen LogP contribution in [0.1, 0.15) is 15.9 Å². The van der Waals surface area contributed by atoms with Crippen molar-refractivity contribution in [3.8, 4) is 11.5 Å². The molecule has 2 aromatic rings. The number of hydrogen-bond acceptors (Lipinski definition) is 4. The van der Waals surface area contributed by atoms with Crippen LogP contribution in [0.15, 0.2) is 48.5 Å². The molecule has 33 heavy (non-hydrogen) atoms. The molecule has 2 rings (SSSR count). The lowest BCUT2D eigenvalue weighted by molar-refractivity contribution is 0.103. The molecule has 0 spiro atoms. The predicted molar refractivity (Wildman–Crippen MR) is 150 cm³/mol. The maximum Gasteiger partial charge on any atom is 0.196 e. The predicted octanol–water partition coefficient (Wildman–Crippen LogP) is 6.70. The van der Waals surface area contributed by atoms with Crippen LogP contribution in [0.25, 0.3) is 0 Å². The van der Waals surface area contributed by atoms with Gasteiger partial charge in [-0.3, -0.25) is 4.79 Å². The highest BCUT2D eigenvalue weighted by Crippen LogP contribution is 2.31. The number of phenolic OH excluding ortho intramolecular Hbond substituents is 1.